The highest BCUT2D eigenvalue weighted by Crippen LogP contribution is 2.12. The molecule has 0 saturated heterocycles. The van der Waals surface area contributed by atoms with E-state index >= 15 is 0 Å². The first-order valence-electron chi connectivity index (χ1n) is 5.35. The molecule has 0 atom stereocenters. The zero-order chi connectivity index (χ0) is 13.0. The Morgan fingerprint density at radius 3 is 3.17 bits per heavy atom. The zero-order valence-electron chi connectivity index (χ0n) is 9.77. The van der Waals surface area contributed by atoms with Gasteiger partial charge in [0.2, 0.25) is 11.8 Å². The largest absolute Gasteiger partial charge is 0.273 e. The minimum absolute atomic E-state index is 0.0828. The number of carbonyl (C=O) groups excluding carboxylic acids is 2. The standard InChI is InChI=1S/C11H12N4O2S/c1-7-2-3-18-9(7)6-12-14-10(16)4-8-5-11(17)15-13-8/h2-3,6H,4-5H2,1H3,(H,14,16)(H,15,17). The van der Waals surface area contributed by atoms with Crippen LogP contribution < -0.4 is 10.9 Å². The van der Waals surface area contributed by atoms with Crippen molar-refractivity contribution in [2.45, 2.75) is 19.8 Å². The fraction of sp³-hybridized carbons (Fsp3) is 0.273. The summed E-state index contributed by atoms with van der Waals surface area (Å²) in [5, 5.41) is 9.56. The number of hydrazone groups is 2. The van der Waals surface area contributed by atoms with Crippen molar-refractivity contribution >= 4 is 35.1 Å². The van der Waals surface area contributed by atoms with Crippen molar-refractivity contribution in [1.29, 1.82) is 0 Å². The molecule has 0 fully saturated rings. The second-order valence-corrected chi connectivity index (χ2v) is 4.78. The molecule has 18 heavy (non-hydrogen) atoms. The van der Waals surface area contributed by atoms with E-state index in [-0.39, 0.29) is 24.7 Å². The van der Waals surface area contributed by atoms with Crippen LogP contribution in [0, 0.1) is 6.92 Å². The number of thiophene rings is 1. The summed E-state index contributed by atoms with van der Waals surface area (Å²) in [6.07, 6.45) is 1.87. The van der Waals surface area contributed by atoms with Crippen molar-refractivity contribution in [3.63, 3.8) is 0 Å². The second-order valence-electron chi connectivity index (χ2n) is 3.83. The summed E-state index contributed by atoms with van der Waals surface area (Å²) in [5.74, 6) is -0.466. The Kier molecular flexibility index (Phi) is 3.83. The molecule has 7 heteroatoms. The van der Waals surface area contributed by atoms with Crippen LogP contribution in [0.4, 0.5) is 0 Å². The van der Waals surface area contributed by atoms with Crippen molar-refractivity contribution in [1.82, 2.24) is 10.9 Å². The van der Waals surface area contributed by atoms with Gasteiger partial charge in [-0.15, -0.1) is 11.3 Å². The number of nitrogens with zero attached hydrogens (tertiary/aromatic N) is 2. The third-order valence-electron chi connectivity index (χ3n) is 2.34. The predicted octanol–water partition coefficient (Wildman–Crippen LogP) is 0.773. The smallest absolute Gasteiger partial charge is 0.245 e. The quantitative estimate of drug-likeness (QED) is 0.622. The van der Waals surface area contributed by atoms with E-state index in [9.17, 15) is 9.59 Å². The Morgan fingerprint density at radius 1 is 1.72 bits per heavy atom. The van der Waals surface area contributed by atoms with Gasteiger partial charge in [0.25, 0.3) is 0 Å². The molecule has 2 N–H and O–H groups in total. The summed E-state index contributed by atoms with van der Waals surface area (Å²) in [4.78, 5) is 23.3. The first-order chi connectivity index (χ1) is 8.65. The first kappa shape index (κ1) is 12.4. The SMILES string of the molecule is Cc1ccsc1C=NNC(=O)CC1=NNC(=O)C1. The average molecular weight is 264 g/mol. The number of amides is 2. The molecule has 2 rings (SSSR count). The van der Waals surface area contributed by atoms with Crippen LogP contribution in [0.5, 0.6) is 0 Å². The summed E-state index contributed by atoms with van der Waals surface area (Å²) < 4.78 is 0. The molecule has 1 aliphatic heterocycles. The van der Waals surface area contributed by atoms with Crippen molar-refractivity contribution in [3.8, 4) is 0 Å². The summed E-state index contributed by atoms with van der Waals surface area (Å²) in [5.41, 5.74) is 6.35. The molecule has 1 aliphatic rings. The van der Waals surface area contributed by atoms with Crippen molar-refractivity contribution < 1.29 is 9.59 Å². The molecule has 2 heterocycles. The van der Waals surface area contributed by atoms with E-state index in [1.165, 1.54) is 0 Å². The van der Waals surface area contributed by atoms with Gasteiger partial charge in [-0.05, 0) is 23.9 Å². The van der Waals surface area contributed by atoms with Gasteiger partial charge >= 0.3 is 0 Å². The van der Waals surface area contributed by atoms with Crippen LogP contribution in [-0.4, -0.2) is 23.7 Å². The lowest BCUT2D eigenvalue weighted by Gasteiger charge is -1.97. The third kappa shape index (κ3) is 3.24. The number of aryl methyl sites for hydroxylation is 1. The molecule has 2 amide bonds. The summed E-state index contributed by atoms with van der Waals surface area (Å²) >= 11 is 1.56. The highest BCUT2D eigenvalue weighted by atomic mass is 32.1. The van der Waals surface area contributed by atoms with E-state index in [1.54, 1.807) is 17.6 Å². The summed E-state index contributed by atoms with van der Waals surface area (Å²) in [7, 11) is 0. The van der Waals surface area contributed by atoms with E-state index in [4.69, 9.17) is 0 Å². The van der Waals surface area contributed by atoms with Gasteiger partial charge in [0.15, 0.2) is 0 Å². The van der Waals surface area contributed by atoms with Crippen molar-refractivity contribution in [2.75, 3.05) is 0 Å². The van der Waals surface area contributed by atoms with Gasteiger partial charge < -0.3 is 0 Å². The van der Waals surface area contributed by atoms with E-state index in [1.807, 2.05) is 18.4 Å². The van der Waals surface area contributed by atoms with Crippen LogP contribution in [0.25, 0.3) is 0 Å². The van der Waals surface area contributed by atoms with E-state index < -0.39 is 0 Å². The lowest BCUT2D eigenvalue weighted by atomic mass is 10.2. The molecule has 6 nitrogen and oxygen atoms in total. The van der Waals surface area contributed by atoms with Crippen LogP contribution in [0.3, 0.4) is 0 Å². The lowest BCUT2D eigenvalue weighted by Crippen LogP contribution is -2.20. The van der Waals surface area contributed by atoms with Gasteiger partial charge in [0, 0.05) is 4.88 Å². The average Bonchev–Trinajstić information content (AvgIpc) is 2.89. The monoisotopic (exact) mass is 264 g/mol. The van der Waals surface area contributed by atoms with Gasteiger partial charge in [-0.25, -0.2) is 10.9 Å². The molecule has 0 bridgehead atoms. The highest BCUT2D eigenvalue weighted by Gasteiger charge is 2.16. The number of carbonyl (C=O) groups is 2. The lowest BCUT2D eigenvalue weighted by molar-refractivity contribution is -0.119. The van der Waals surface area contributed by atoms with Crippen LogP contribution in [0.2, 0.25) is 0 Å². The highest BCUT2D eigenvalue weighted by molar-refractivity contribution is 7.11. The van der Waals surface area contributed by atoms with Crippen LogP contribution >= 0.6 is 11.3 Å². The molecule has 0 aliphatic carbocycles. The molecule has 1 aromatic heterocycles. The van der Waals surface area contributed by atoms with Gasteiger partial charge in [-0.2, -0.15) is 10.2 Å². The maximum absolute atomic E-state index is 11.5. The Balaban J connectivity index is 1.80. The normalized spacial score (nSPS) is 14.7. The van der Waals surface area contributed by atoms with Gasteiger partial charge in [0.05, 0.1) is 24.8 Å². The van der Waals surface area contributed by atoms with E-state index in [0.29, 0.717) is 5.71 Å². The summed E-state index contributed by atoms with van der Waals surface area (Å²) in [6.45, 7) is 1.98. The fourth-order valence-electron chi connectivity index (χ4n) is 1.41. The zero-order valence-corrected chi connectivity index (χ0v) is 10.6. The van der Waals surface area contributed by atoms with Gasteiger partial charge in [0.1, 0.15) is 0 Å². The molecule has 0 aromatic carbocycles. The Morgan fingerprint density at radius 2 is 2.56 bits per heavy atom. The van der Waals surface area contributed by atoms with Gasteiger partial charge in [-0.3, -0.25) is 9.59 Å². The molecule has 0 radical (unpaired) electrons. The number of rotatable bonds is 4. The molecule has 0 saturated carbocycles. The Hall–Kier alpha value is -2.02. The molecule has 0 spiro atoms. The number of nitrogens with one attached hydrogen (secondary N) is 2. The molecular formula is C11H12N4O2S. The van der Waals surface area contributed by atoms with Gasteiger partial charge in [-0.1, -0.05) is 0 Å². The minimum atomic E-state index is -0.282. The third-order valence-corrected chi connectivity index (χ3v) is 3.29. The topological polar surface area (TPSA) is 82.9 Å². The van der Waals surface area contributed by atoms with Crippen molar-refractivity contribution in [2.24, 2.45) is 10.2 Å². The molecule has 0 unspecified atom stereocenters. The maximum Gasteiger partial charge on any atom is 0.245 e. The summed E-state index contributed by atoms with van der Waals surface area (Å²) in [6, 6.07) is 1.98. The Bertz CT molecular complexity index is 533. The minimum Gasteiger partial charge on any atom is -0.273 e. The van der Waals surface area contributed by atoms with Crippen LogP contribution in [-0.2, 0) is 9.59 Å². The molecular weight excluding hydrogens is 252 g/mol. The second kappa shape index (κ2) is 5.54. The fourth-order valence-corrected chi connectivity index (χ4v) is 2.20. The van der Waals surface area contributed by atoms with E-state index in [0.717, 1.165) is 10.4 Å². The maximum atomic E-state index is 11.5. The molecule has 94 valence electrons. The first-order valence-corrected chi connectivity index (χ1v) is 6.23. The predicted molar refractivity (Wildman–Crippen MR) is 69.6 cm³/mol. The number of hydrogen-bond acceptors (Lipinski definition) is 5. The number of hydrogen-bond donors (Lipinski definition) is 2. The van der Waals surface area contributed by atoms with E-state index in [2.05, 4.69) is 21.1 Å². The van der Waals surface area contributed by atoms with Crippen LogP contribution in [0.15, 0.2) is 21.6 Å². The van der Waals surface area contributed by atoms with Crippen molar-refractivity contribution in [3.05, 3.63) is 21.9 Å². The van der Waals surface area contributed by atoms with Crippen LogP contribution in [0.1, 0.15) is 23.3 Å². The molecule has 1 aromatic rings. The Labute approximate surface area is 108 Å².